The van der Waals surface area contributed by atoms with Crippen molar-refractivity contribution in [2.75, 3.05) is 17.2 Å². The van der Waals surface area contributed by atoms with Crippen molar-refractivity contribution < 1.29 is 9.84 Å². The first-order valence-electron chi connectivity index (χ1n) is 8.86. The number of hydrogen-bond donors (Lipinski definition) is 2. The van der Waals surface area contributed by atoms with E-state index in [1.165, 1.54) is 0 Å². The smallest absolute Gasteiger partial charge is 0.158 e. The molecule has 1 aliphatic heterocycles. The fourth-order valence-corrected chi connectivity index (χ4v) is 3.51. The van der Waals surface area contributed by atoms with E-state index in [-0.39, 0.29) is 12.0 Å². The largest absolute Gasteiger partial charge is 0.457 e. The normalized spacial score (nSPS) is 14.9. The number of nitrogens with zero attached hydrogens (tertiary/aromatic N) is 3. The van der Waals surface area contributed by atoms with Crippen LogP contribution in [0.3, 0.4) is 0 Å². The van der Waals surface area contributed by atoms with Gasteiger partial charge in [0, 0.05) is 23.2 Å². The maximum absolute atomic E-state index is 9.44. The third-order valence-corrected chi connectivity index (χ3v) is 4.72. The van der Waals surface area contributed by atoms with Crippen molar-refractivity contribution >= 4 is 17.3 Å². The van der Waals surface area contributed by atoms with Crippen molar-refractivity contribution in [1.82, 2.24) is 9.97 Å². The number of benzene rings is 2. The van der Waals surface area contributed by atoms with Gasteiger partial charge in [-0.2, -0.15) is 0 Å². The van der Waals surface area contributed by atoms with Crippen molar-refractivity contribution in [2.24, 2.45) is 0 Å². The van der Waals surface area contributed by atoms with E-state index in [1.54, 1.807) is 0 Å². The lowest BCUT2D eigenvalue weighted by molar-refractivity contribution is 0.271. The van der Waals surface area contributed by atoms with E-state index in [1.807, 2.05) is 54.6 Å². The molecule has 0 amide bonds. The lowest BCUT2D eigenvalue weighted by Crippen LogP contribution is -2.25. The molecule has 3 N–H and O–H groups in total. The van der Waals surface area contributed by atoms with Gasteiger partial charge in [-0.25, -0.2) is 9.97 Å². The van der Waals surface area contributed by atoms with Crippen LogP contribution in [0.5, 0.6) is 11.5 Å². The van der Waals surface area contributed by atoms with Crippen LogP contribution >= 0.6 is 0 Å². The maximum atomic E-state index is 9.44. The van der Waals surface area contributed by atoms with E-state index in [4.69, 9.17) is 10.5 Å². The predicted molar refractivity (Wildman–Crippen MR) is 105 cm³/mol. The Kier molecular flexibility index (Phi) is 4.20. The molecule has 6 nitrogen and oxygen atoms in total. The van der Waals surface area contributed by atoms with Gasteiger partial charge in [0.1, 0.15) is 29.7 Å². The Morgan fingerprint density at radius 3 is 2.37 bits per heavy atom. The molecule has 0 unspecified atom stereocenters. The second-order valence-electron chi connectivity index (χ2n) is 7.26. The molecule has 0 aliphatic carbocycles. The highest BCUT2D eigenvalue weighted by molar-refractivity contribution is 5.73. The van der Waals surface area contributed by atoms with Gasteiger partial charge in [0.25, 0.3) is 0 Å². The van der Waals surface area contributed by atoms with Gasteiger partial charge in [0.15, 0.2) is 5.82 Å². The van der Waals surface area contributed by atoms with Gasteiger partial charge >= 0.3 is 0 Å². The van der Waals surface area contributed by atoms with E-state index in [2.05, 4.69) is 28.7 Å². The Balaban J connectivity index is 1.66. The molecule has 2 heterocycles. The van der Waals surface area contributed by atoms with E-state index in [9.17, 15) is 5.11 Å². The fourth-order valence-electron chi connectivity index (χ4n) is 3.51. The van der Waals surface area contributed by atoms with Gasteiger partial charge in [-0.15, -0.1) is 0 Å². The number of nitrogen functional groups attached to an aromatic ring is 1. The molecule has 1 aliphatic rings. The number of aliphatic hydroxyl groups is 1. The molecule has 138 valence electrons. The fraction of sp³-hybridized carbons (Fsp3) is 0.238. The molecule has 0 saturated carbocycles. The number of fused-ring (bicyclic) bond motifs is 1. The highest BCUT2D eigenvalue weighted by Crippen LogP contribution is 2.45. The van der Waals surface area contributed by atoms with Crippen LogP contribution in [0.1, 0.15) is 25.2 Å². The molecule has 0 saturated heterocycles. The van der Waals surface area contributed by atoms with Crippen molar-refractivity contribution in [2.45, 2.75) is 25.9 Å². The Morgan fingerprint density at radius 2 is 1.70 bits per heavy atom. The summed E-state index contributed by atoms with van der Waals surface area (Å²) in [4.78, 5) is 10.9. The van der Waals surface area contributed by atoms with Gasteiger partial charge in [-0.1, -0.05) is 32.0 Å². The van der Waals surface area contributed by atoms with Crippen molar-refractivity contribution in [3.63, 3.8) is 0 Å². The number of nitrogens with two attached hydrogens (primary N) is 1. The van der Waals surface area contributed by atoms with Crippen LogP contribution in [0.2, 0.25) is 0 Å². The van der Waals surface area contributed by atoms with Crippen molar-refractivity contribution in [3.05, 3.63) is 66.0 Å². The number of aromatic nitrogens is 2. The summed E-state index contributed by atoms with van der Waals surface area (Å²) < 4.78 is 5.86. The van der Waals surface area contributed by atoms with Gasteiger partial charge in [-0.05, 0) is 36.4 Å². The monoisotopic (exact) mass is 362 g/mol. The van der Waals surface area contributed by atoms with Crippen LogP contribution in [-0.2, 0) is 12.0 Å². The molecule has 2 aromatic carbocycles. The molecule has 4 rings (SSSR count). The lowest BCUT2D eigenvalue weighted by Gasteiger charge is -2.22. The zero-order chi connectivity index (χ0) is 19.0. The van der Waals surface area contributed by atoms with Crippen LogP contribution in [0.15, 0.2) is 54.6 Å². The first-order valence-corrected chi connectivity index (χ1v) is 8.86. The second kappa shape index (κ2) is 6.55. The average Bonchev–Trinajstić information content (AvgIpc) is 2.94. The number of anilines is 3. The Morgan fingerprint density at radius 1 is 1.04 bits per heavy atom. The number of para-hydroxylation sites is 1. The zero-order valence-corrected chi connectivity index (χ0v) is 15.4. The quantitative estimate of drug-likeness (QED) is 0.735. The first-order chi connectivity index (χ1) is 13.0. The van der Waals surface area contributed by atoms with Crippen LogP contribution in [-0.4, -0.2) is 21.6 Å². The third-order valence-electron chi connectivity index (χ3n) is 4.72. The van der Waals surface area contributed by atoms with E-state index >= 15 is 0 Å². The molecule has 0 spiro atoms. The topological polar surface area (TPSA) is 84.5 Å². The zero-order valence-electron chi connectivity index (χ0n) is 15.4. The number of rotatable bonds is 4. The summed E-state index contributed by atoms with van der Waals surface area (Å²) in [6.45, 7) is 4.73. The second-order valence-corrected chi connectivity index (χ2v) is 7.26. The maximum Gasteiger partial charge on any atom is 0.158 e. The van der Waals surface area contributed by atoms with Crippen LogP contribution < -0.4 is 15.4 Å². The molecule has 0 bridgehead atoms. The average molecular weight is 362 g/mol. The lowest BCUT2D eigenvalue weighted by atomic mass is 9.88. The Hall–Kier alpha value is -3.12. The summed E-state index contributed by atoms with van der Waals surface area (Å²) in [6, 6.07) is 17.5. The minimum Gasteiger partial charge on any atom is -0.457 e. The number of aliphatic hydroxyl groups excluding tert-OH is 1. The van der Waals surface area contributed by atoms with Crippen LogP contribution in [0.4, 0.5) is 17.3 Å². The summed E-state index contributed by atoms with van der Waals surface area (Å²) in [6.07, 6.45) is 0. The molecule has 0 atom stereocenters. The minimum atomic E-state index is -0.240. The molecular formula is C21H22N4O2. The SMILES string of the molecule is CC1(C)CN(c2ccc(Oc3ccccc3)cc2)c2nc(CO)nc(N)c21. The Labute approximate surface area is 158 Å². The molecular weight excluding hydrogens is 340 g/mol. The number of hydrogen-bond acceptors (Lipinski definition) is 6. The predicted octanol–water partition coefficient (Wildman–Crippen LogP) is 3.77. The van der Waals surface area contributed by atoms with Gasteiger partial charge in [0.05, 0.1) is 0 Å². The number of ether oxygens (including phenoxy) is 1. The molecule has 1 aromatic heterocycles. The van der Waals surface area contributed by atoms with E-state index < -0.39 is 0 Å². The standard InChI is InChI=1S/C21H22N4O2/c1-21(2)13-25(20-18(21)19(22)23-17(12-26)24-20)14-8-10-16(11-9-14)27-15-6-4-3-5-7-15/h3-11,26H,12-13H2,1-2H3,(H2,22,23,24). The van der Waals surface area contributed by atoms with Gasteiger partial charge < -0.3 is 20.5 Å². The van der Waals surface area contributed by atoms with Crippen molar-refractivity contribution in [3.8, 4) is 11.5 Å². The summed E-state index contributed by atoms with van der Waals surface area (Å²) >= 11 is 0. The molecule has 0 fully saturated rings. The highest BCUT2D eigenvalue weighted by Gasteiger charge is 2.39. The molecule has 0 radical (unpaired) electrons. The molecule has 6 heteroatoms. The summed E-state index contributed by atoms with van der Waals surface area (Å²) in [5.41, 5.74) is 7.89. The van der Waals surface area contributed by atoms with E-state index in [0.29, 0.717) is 11.6 Å². The molecule has 3 aromatic rings. The van der Waals surface area contributed by atoms with Crippen LogP contribution in [0.25, 0.3) is 0 Å². The summed E-state index contributed by atoms with van der Waals surface area (Å²) in [5, 5.41) is 9.44. The van der Waals surface area contributed by atoms with Gasteiger partial charge in [0.2, 0.25) is 0 Å². The van der Waals surface area contributed by atoms with Gasteiger partial charge in [-0.3, -0.25) is 0 Å². The van der Waals surface area contributed by atoms with E-state index in [0.717, 1.165) is 35.1 Å². The molecule has 27 heavy (non-hydrogen) atoms. The third kappa shape index (κ3) is 3.19. The van der Waals surface area contributed by atoms with Crippen molar-refractivity contribution in [1.29, 1.82) is 0 Å². The summed E-state index contributed by atoms with van der Waals surface area (Å²) in [5.74, 6) is 3.08. The minimum absolute atomic E-state index is 0.188. The first kappa shape index (κ1) is 17.3. The Bertz CT molecular complexity index is 956. The summed E-state index contributed by atoms with van der Waals surface area (Å²) in [7, 11) is 0. The highest BCUT2D eigenvalue weighted by atomic mass is 16.5. The van der Waals surface area contributed by atoms with Crippen LogP contribution in [0, 0.1) is 0 Å².